The first-order chi connectivity index (χ1) is 9.87. The van der Waals surface area contributed by atoms with Crippen LogP contribution in [0.2, 0.25) is 0 Å². The van der Waals surface area contributed by atoms with Crippen LogP contribution in [0.1, 0.15) is 0 Å². The molecule has 2 fully saturated rings. The Bertz CT molecular complexity index is 527. The molecule has 2 atom stereocenters. The molecule has 4 heteroatoms. The van der Waals surface area contributed by atoms with Crippen molar-refractivity contribution in [2.45, 2.75) is 12.6 Å². The lowest BCUT2D eigenvalue weighted by Gasteiger charge is -2.06. The van der Waals surface area contributed by atoms with E-state index in [9.17, 15) is 0 Å². The SMILES string of the molecule is c1cc(-c2ccc(OC3CO3)cc2)ccc1OC1CO1. The largest absolute Gasteiger partial charge is 0.462 e. The van der Waals surface area contributed by atoms with Gasteiger partial charge in [-0.25, -0.2) is 0 Å². The predicted molar refractivity (Wildman–Crippen MR) is 72.6 cm³/mol. The summed E-state index contributed by atoms with van der Waals surface area (Å²) in [4.78, 5) is 0. The van der Waals surface area contributed by atoms with Gasteiger partial charge in [-0.3, -0.25) is 0 Å². The van der Waals surface area contributed by atoms with E-state index in [1.807, 2.05) is 48.5 Å². The highest BCUT2D eigenvalue weighted by Gasteiger charge is 2.25. The van der Waals surface area contributed by atoms with E-state index in [1.165, 1.54) is 0 Å². The third-order valence-corrected chi connectivity index (χ3v) is 3.18. The fraction of sp³-hybridized carbons (Fsp3) is 0.250. The van der Waals surface area contributed by atoms with E-state index >= 15 is 0 Å². The van der Waals surface area contributed by atoms with Gasteiger partial charge in [-0.05, 0) is 35.4 Å². The summed E-state index contributed by atoms with van der Waals surface area (Å²) >= 11 is 0. The van der Waals surface area contributed by atoms with Crippen LogP contribution in [0, 0.1) is 0 Å². The Kier molecular flexibility index (Phi) is 2.83. The van der Waals surface area contributed by atoms with Gasteiger partial charge in [0.25, 0.3) is 0 Å². The molecule has 4 nitrogen and oxygen atoms in total. The lowest BCUT2D eigenvalue weighted by Crippen LogP contribution is -1.97. The van der Waals surface area contributed by atoms with E-state index in [2.05, 4.69) is 0 Å². The standard InChI is InChI=1S/C16H14O4/c1-5-13(19-15-9-17-15)6-2-11(1)12-3-7-14(8-4-12)20-16-10-18-16/h1-8,15-16H,9-10H2. The lowest BCUT2D eigenvalue weighted by molar-refractivity contribution is 0.179. The van der Waals surface area contributed by atoms with Gasteiger partial charge in [0.15, 0.2) is 0 Å². The molecular weight excluding hydrogens is 256 g/mol. The Balaban J connectivity index is 1.47. The average molecular weight is 270 g/mol. The topological polar surface area (TPSA) is 43.5 Å². The minimum absolute atomic E-state index is 0.0538. The molecule has 2 aliphatic heterocycles. The van der Waals surface area contributed by atoms with Gasteiger partial charge in [0.1, 0.15) is 24.7 Å². The monoisotopic (exact) mass is 270 g/mol. The van der Waals surface area contributed by atoms with Crippen molar-refractivity contribution in [3.05, 3.63) is 48.5 Å². The molecule has 2 aliphatic rings. The summed E-state index contributed by atoms with van der Waals surface area (Å²) in [5.74, 6) is 1.67. The second-order valence-corrected chi connectivity index (χ2v) is 4.81. The second kappa shape index (κ2) is 4.81. The van der Waals surface area contributed by atoms with Crippen molar-refractivity contribution in [2.75, 3.05) is 13.2 Å². The van der Waals surface area contributed by atoms with Gasteiger partial charge in [0, 0.05) is 0 Å². The van der Waals surface area contributed by atoms with Crippen molar-refractivity contribution in [3.8, 4) is 22.6 Å². The third kappa shape index (κ3) is 2.76. The molecule has 2 heterocycles. The molecule has 0 N–H and O–H groups in total. The first-order valence-corrected chi connectivity index (χ1v) is 6.64. The minimum atomic E-state index is -0.0538. The van der Waals surface area contributed by atoms with E-state index in [0.717, 1.165) is 22.6 Å². The van der Waals surface area contributed by atoms with Gasteiger partial charge < -0.3 is 18.9 Å². The molecule has 4 rings (SSSR count). The van der Waals surface area contributed by atoms with Gasteiger partial charge in [0.2, 0.25) is 12.6 Å². The molecule has 102 valence electrons. The summed E-state index contributed by atoms with van der Waals surface area (Å²) in [5, 5.41) is 0. The van der Waals surface area contributed by atoms with Gasteiger partial charge in [-0.15, -0.1) is 0 Å². The zero-order valence-electron chi connectivity index (χ0n) is 10.8. The van der Waals surface area contributed by atoms with E-state index in [0.29, 0.717) is 13.2 Å². The summed E-state index contributed by atoms with van der Waals surface area (Å²) in [7, 11) is 0. The summed E-state index contributed by atoms with van der Waals surface area (Å²) in [6.45, 7) is 1.38. The van der Waals surface area contributed by atoms with Crippen molar-refractivity contribution >= 4 is 0 Å². The molecule has 0 saturated carbocycles. The van der Waals surface area contributed by atoms with Gasteiger partial charge >= 0.3 is 0 Å². The molecule has 2 aromatic carbocycles. The fourth-order valence-corrected chi connectivity index (χ4v) is 1.97. The summed E-state index contributed by atoms with van der Waals surface area (Å²) in [6.07, 6.45) is -0.108. The number of hydrogen-bond acceptors (Lipinski definition) is 4. The highest BCUT2D eigenvalue weighted by atomic mass is 16.8. The van der Waals surface area contributed by atoms with Crippen LogP contribution in [0.25, 0.3) is 11.1 Å². The number of epoxide rings is 2. The number of ether oxygens (including phenoxy) is 4. The normalized spacial score (nSPS) is 23.2. The molecule has 0 radical (unpaired) electrons. The zero-order valence-corrected chi connectivity index (χ0v) is 10.8. The van der Waals surface area contributed by atoms with E-state index < -0.39 is 0 Å². The maximum atomic E-state index is 5.53. The molecule has 0 amide bonds. The Labute approximate surface area is 116 Å². The van der Waals surface area contributed by atoms with Crippen molar-refractivity contribution in [2.24, 2.45) is 0 Å². The third-order valence-electron chi connectivity index (χ3n) is 3.18. The number of rotatable bonds is 5. The molecule has 0 bridgehead atoms. The van der Waals surface area contributed by atoms with Crippen LogP contribution in [0.4, 0.5) is 0 Å². The molecule has 2 saturated heterocycles. The Morgan fingerprint density at radius 2 is 1.00 bits per heavy atom. The number of benzene rings is 2. The first kappa shape index (κ1) is 11.8. The Hall–Kier alpha value is -2.04. The van der Waals surface area contributed by atoms with E-state index in [-0.39, 0.29) is 12.6 Å². The van der Waals surface area contributed by atoms with Crippen LogP contribution in [0.5, 0.6) is 11.5 Å². The van der Waals surface area contributed by atoms with Gasteiger partial charge in [-0.1, -0.05) is 24.3 Å². The van der Waals surface area contributed by atoms with Gasteiger partial charge in [-0.2, -0.15) is 0 Å². The molecule has 20 heavy (non-hydrogen) atoms. The summed E-state index contributed by atoms with van der Waals surface area (Å²) in [5.41, 5.74) is 2.28. The van der Waals surface area contributed by atoms with E-state index in [1.54, 1.807) is 0 Å². The van der Waals surface area contributed by atoms with Gasteiger partial charge in [0.05, 0.1) is 0 Å². The van der Waals surface area contributed by atoms with Crippen molar-refractivity contribution in [3.63, 3.8) is 0 Å². The quantitative estimate of drug-likeness (QED) is 0.784. The van der Waals surface area contributed by atoms with Crippen LogP contribution < -0.4 is 9.47 Å². The van der Waals surface area contributed by atoms with Crippen molar-refractivity contribution in [1.29, 1.82) is 0 Å². The molecule has 0 aliphatic carbocycles. The maximum absolute atomic E-state index is 5.53. The fourth-order valence-electron chi connectivity index (χ4n) is 1.97. The molecule has 0 spiro atoms. The minimum Gasteiger partial charge on any atom is -0.462 e. The summed E-state index contributed by atoms with van der Waals surface area (Å²) in [6, 6.07) is 16.0. The van der Waals surface area contributed by atoms with Crippen LogP contribution in [-0.4, -0.2) is 25.8 Å². The van der Waals surface area contributed by atoms with Crippen molar-refractivity contribution < 1.29 is 18.9 Å². The molecular formula is C16H14O4. The van der Waals surface area contributed by atoms with Crippen LogP contribution in [-0.2, 0) is 9.47 Å². The second-order valence-electron chi connectivity index (χ2n) is 4.81. The van der Waals surface area contributed by atoms with Crippen LogP contribution in [0.3, 0.4) is 0 Å². The van der Waals surface area contributed by atoms with Crippen molar-refractivity contribution in [1.82, 2.24) is 0 Å². The molecule has 2 unspecified atom stereocenters. The van der Waals surface area contributed by atoms with E-state index in [4.69, 9.17) is 18.9 Å². The number of hydrogen-bond donors (Lipinski definition) is 0. The smallest absolute Gasteiger partial charge is 0.223 e. The zero-order chi connectivity index (χ0) is 13.4. The molecule has 2 aromatic rings. The summed E-state index contributed by atoms with van der Waals surface area (Å²) < 4.78 is 21.1. The first-order valence-electron chi connectivity index (χ1n) is 6.64. The maximum Gasteiger partial charge on any atom is 0.223 e. The average Bonchev–Trinajstić information content (AvgIpc) is 3.37. The predicted octanol–water partition coefficient (Wildman–Crippen LogP) is 2.82. The highest BCUT2D eigenvalue weighted by molar-refractivity contribution is 5.64. The lowest BCUT2D eigenvalue weighted by atomic mass is 10.1. The highest BCUT2D eigenvalue weighted by Crippen LogP contribution is 2.27. The Morgan fingerprint density at radius 1 is 0.650 bits per heavy atom. The Morgan fingerprint density at radius 3 is 1.30 bits per heavy atom. The van der Waals surface area contributed by atoms with Crippen LogP contribution in [0.15, 0.2) is 48.5 Å². The van der Waals surface area contributed by atoms with Crippen LogP contribution >= 0.6 is 0 Å². The molecule has 0 aromatic heterocycles.